The minimum atomic E-state index is -1.79. The molecule has 1 saturated heterocycles. The Labute approximate surface area is 62.8 Å². The van der Waals surface area contributed by atoms with Crippen LogP contribution in [0.15, 0.2) is 0 Å². The summed E-state index contributed by atoms with van der Waals surface area (Å²) in [4.78, 5) is 0. The standard InChI is InChI=1S/C4H7BrO3P/c5-1-4-2-7-9(6)8-3-4/h4H,1-3H2/q+1. The minimum Gasteiger partial charge on any atom is -0.119 e. The largest absolute Gasteiger partial charge is 0.697 e. The lowest BCUT2D eigenvalue weighted by Gasteiger charge is -2.08. The average molecular weight is 214 g/mol. The van der Waals surface area contributed by atoms with Crippen molar-refractivity contribution in [2.75, 3.05) is 18.5 Å². The van der Waals surface area contributed by atoms with Gasteiger partial charge in [0.15, 0.2) is 0 Å². The SMILES string of the molecule is O=[P+]1OCC(CBr)CO1. The Balaban J connectivity index is 2.26. The van der Waals surface area contributed by atoms with Crippen molar-refractivity contribution in [1.82, 2.24) is 0 Å². The third-order valence-electron chi connectivity index (χ3n) is 1.05. The first-order valence-electron chi connectivity index (χ1n) is 2.62. The van der Waals surface area contributed by atoms with Gasteiger partial charge in [-0.2, -0.15) is 0 Å². The third kappa shape index (κ3) is 2.30. The van der Waals surface area contributed by atoms with Crippen LogP contribution >= 0.6 is 24.2 Å². The first-order chi connectivity index (χ1) is 4.33. The van der Waals surface area contributed by atoms with Gasteiger partial charge in [0.2, 0.25) is 0 Å². The molecule has 0 amide bonds. The molecule has 1 aliphatic heterocycles. The summed E-state index contributed by atoms with van der Waals surface area (Å²) < 4.78 is 19.9. The van der Waals surface area contributed by atoms with Gasteiger partial charge in [0.1, 0.15) is 13.2 Å². The zero-order chi connectivity index (χ0) is 6.69. The molecular weight excluding hydrogens is 207 g/mol. The van der Waals surface area contributed by atoms with Gasteiger partial charge in [-0.25, -0.2) is 0 Å². The summed E-state index contributed by atoms with van der Waals surface area (Å²) in [6, 6.07) is 0. The van der Waals surface area contributed by atoms with Crippen LogP contribution in [0, 0.1) is 5.92 Å². The Bertz CT molecular complexity index is 108. The van der Waals surface area contributed by atoms with E-state index in [9.17, 15) is 4.57 Å². The Morgan fingerprint density at radius 1 is 1.56 bits per heavy atom. The van der Waals surface area contributed by atoms with Crippen molar-refractivity contribution in [2.24, 2.45) is 5.92 Å². The van der Waals surface area contributed by atoms with E-state index in [1.165, 1.54) is 0 Å². The van der Waals surface area contributed by atoms with Gasteiger partial charge in [-0.05, 0) is 0 Å². The minimum absolute atomic E-state index is 0.359. The van der Waals surface area contributed by atoms with E-state index in [0.717, 1.165) is 5.33 Å². The highest BCUT2D eigenvalue weighted by Gasteiger charge is 2.30. The molecule has 3 nitrogen and oxygen atoms in total. The number of hydrogen-bond acceptors (Lipinski definition) is 3. The van der Waals surface area contributed by atoms with Gasteiger partial charge >= 0.3 is 8.25 Å². The smallest absolute Gasteiger partial charge is 0.119 e. The van der Waals surface area contributed by atoms with E-state index in [4.69, 9.17) is 9.05 Å². The monoisotopic (exact) mass is 213 g/mol. The molecule has 0 aliphatic carbocycles. The lowest BCUT2D eigenvalue weighted by Crippen LogP contribution is -2.18. The molecular formula is C4H7BrO3P+. The van der Waals surface area contributed by atoms with Gasteiger partial charge in [0.05, 0.1) is 0 Å². The van der Waals surface area contributed by atoms with Crippen molar-refractivity contribution in [1.29, 1.82) is 0 Å². The summed E-state index contributed by atoms with van der Waals surface area (Å²) in [5.74, 6) is 0.359. The molecule has 1 fully saturated rings. The zero-order valence-corrected chi connectivity index (χ0v) is 7.23. The molecule has 0 aromatic carbocycles. The molecule has 5 heteroatoms. The molecule has 52 valence electrons. The van der Waals surface area contributed by atoms with Crippen molar-refractivity contribution < 1.29 is 13.6 Å². The van der Waals surface area contributed by atoms with Gasteiger partial charge in [-0.3, -0.25) is 0 Å². The van der Waals surface area contributed by atoms with E-state index in [1.54, 1.807) is 0 Å². The van der Waals surface area contributed by atoms with Crippen LogP contribution < -0.4 is 0 Å². The summed E-state index contributed by atoms with van der Waals surface area (Å²) in [5.41, 5.74) is 0. The van der Waals surface area contributed by atoms with Gasteiger partial charge in [0.25, 0.3) is 0 Å². The van der Waals surface area contributed by atoms with Crippen LogP contribution in [0.25, 0.3) is 0 Å². The van der Waals surface area contributed by atoms with Crippen LogP contribution in [0.1, 0.15) is 0 Å². The van der Waals surface area contributed by atoms with Gasteiger partial charge in [-0.1, -0.05) is 15.9 Å². The highest BCUT2D eigenvalue weighted by molar-refractivity contribution is 9.09. The van der Waals surface area contributed by atoms with Crippen molar-refractivity contribution in [3.05, 3.63) is 0 Å². The van der Waals surface area contributed by atoms with Crippen molar-refractivity contribution >= 4 is 24.2 Å². The average Bonchev–Trinajstić information content (AvgIpc) is 1.90. The summed E-state index contributed by atoms with van der Waals surface area (Å²) in [5, 5.41) is 0.843. The topological polar surface area (TPSA) is 35.5 Å². The van der Waals surface area contributed by atoms with Crippen LogP contribution in [0.4, 0.5) is 0 Å². The summed E-state index contributed by atoms with van der Waals surface area (Å²) in [6.07, 6.45) is 0. The second-order valence-corrected chi connectivity index (χ2v) is 3.45. The number of halogens is 1. The van der Waals surface area contributed by atoms with Crippen LogP contribution in [-0.2, 0) is 13.6 Å². The molecule has 0 bridgehead atoms. The molecule has 0 unspecified atom stereocenters. The maximum Gasteiger partial charge on any atom is 0.697 e. The highest BCUT2D eigenvalue weighted by atomic mass is 79.9. The Morgan fingerprint density at radius 2 is 2.11 bits per heavy atom. The molecule has 0 radical (unpaired) electrons. The molecule has 1 heterocycles. The molecule has 0 spiro atoms. The molecule has 0 N–H and O–H groups in total. The maximum absolute atomic E-state index is 10.4. The molecule has 0 atom stereocenters. The number of hydrogen-bond donors (Lipinski definition) is 0. The lowest BCUT2D eigenvalue weighted by molar-refractivity contribution is 0.120. The van der Waals surface area contributed by atoms with Crippen LogP contribution in [0.2, 0.25) is 0 Å². The van der Waals surface area contributed by atoms with E-state index in [1.807, 2.05) is 0 Å². The van der Waals surface area contributed by atoms with E-state index in [-0.39, 0.29) is 0 Å². The van der Waals surface area contributed by atoms with Crippen LogP contribution in [-0.4, -0.2) is 18.5 Å². The maximum atomic E-state index is 10.4. The highest BCUT2D eigenvalue weighted by Crippen LogP contribution is 2.30. The fraction of sp³-hybridized carbons (Fsp3) is 1.00. The molecule has 0 aromatic heterocycles. The van der Waals surface area contributed by atoms with E-state index in [2.05, 4.69) is 15.9 Å². The third-order valence-corrected chi connectivity index (χ3v) is 2.68. The molecule has 0 aromatic rings. The predicted molar refractivity (Wildman–Crippen MR) is 36.8 cm³/mol. The van der Waals surface area contributed by atoms with Crippen molar-refractivity contribution in [2.45, 2.75) is 0 Å². The lowest BCUT2D eigenvalue weighted by atomic mass is 10.2. The summed E-state index contributed by atoms with van der Waals surface area (Å²) in [6.45, 7) is 1.08. The normalized spacial score (nSPS) is 32.6. The Hall–Kier alpha value is 0.500. The molecule has 1 aliphatic rings. The molecule has 9 heavy (non-hydrogen) atoms. The molecule has 0 saturated carbocycles. The van der Waals surface area contributed by atoms with Crippen LogP contribution in [0.5, 0.6) is 0 Å². The summed E-state index contributed by atoms with van der Waals surface area (Å²) in [7, 11) is -1.79. The van der Waals surface area contributed by atoms with Gasteiger partial charge in [-0.15, -0.1) is 9.05 Å². The second-order valence-electron chi connectivity index (χ2n) is 1.84. The fourth-order valence-electron chi connectivity index (χ4n) is 0.507. The Morgan fingerprint density at radius 3 is 2.56 bits per heavy atom. The van der Waals surface area contributed by atoms with Gasteiger partial charge in [0, 0.05) is 15.8 Å². The predicted octanol–water partition coefficient (Wildman–Crippen LogP) is 1.70. The fourth-order valence-corrected chi connectivity index (χ4v) is 1.62. The quantitative estimate of drug-likeness (QED) is 0.492. The number of rotatable bonds is 1. The van der Waals surface area contributed by atoms with E-state index in [0.29, 0.717) is 19.1 Å². The first kappa shape index (κ1) is 7.61. The van der Waals surface area contributed by atoms with Gasteiger partial charge < -0.3 is 0 Å². The van der Waals surface area contributed by atoms with E-state index < -0.39 is 8.25 Å². The summed E-state index contributed by atoms with van der Waals surface area (Å²) >= 11 is 3.28. The van der Waals surface area contributed by atoms with Crippen LogP contribution in [0.3, 0.4) is 0 Å². The Kier molecular flexibility index (Phi) is 3.06. The second kappa shape index (κ2) is 3.62. The number of alkyl halides is 1. The van der Waals surface area contributed by atoms with Crippen molar-refractivity contribution in [3.8, 4) is 0 Å². The first-order valence-corrected chi connectivity index (χ1v) is 4.83. The molecule has 1 rings (SSSR count). The zero-order valence-electron chi connectivity index (χ0n) is 4.75. The van der Waals surface area contributed by atoms with Crippen molar-refractivity contribution in [3.63, 3.8) is 0 Å². The van der Waals surface area contributed by atoms with E-state index >= 15 is 0 Å².